The number of carbonyl (C=O) groups excluding carboxylic acids is 2. The standard InChI is InChI=1S/C23H20F3N3O2/c1-13-3-5-16(6-4-13)22(31)28-19-12-27-29-14(2)11-18(21(30)20(19)29)15-7-9-17(10-8-15)23(24,25)26/h3-10,12,14,18H,11H2,1-2H3,(H,28,31)/t14-,18?/m0/s1. The van der Waals surface area contributed by atoms with E-state index in [-0.39, 0.29) is 23.4 Å². The SMILES string of the molecule is Cc1ccc(C(=O)Nc2cnn3c2C(=O)C(c2ccc(C(F)(F)F)cc2)C[C@@H]3C)cc1. The Morgan fingerprint density at radius 3 is 2.35 bits per heavy atom. The van der Waals surface area contributed by atoms with Crippen molar-refractivity contribution >= 4 is 17.4 Å². The highest BCUT2D eigenvalue weighted by Crippen LogP contribution is 2.39. The highest BCUT2D eigenvalue weighted by Gasteiger charge is 2.37. The van der Waals surface area contributed by atoms with Crippen molar-refractivity contribution in [2.45, 2.75) is 38.4 Å². The van der Waals surface area contributed by atoms with Gasteiger partial charge in [-0.2, -0.15) is 18.3 Å². The quantitative estimate of drug-likeness (QED) is 0.609. The number of benzene rings is 2. The van der Waals surface area contributed by atoms with Crippen LogP contribution in [0, 0.1) is 6.92 Å². The lowest BCUT2D eigenvalue weighted by Crippen LogP contribution is -2.29. The highest BCUT2D eigenvalue weighted by atomic mass is 19.4. The Kier molecular flexibility index (Phi) is 5.16. The zero-order valence-corrected chi connectivity index (χ0v) is 16.9. The van der Waals surface area contributed by atoms with Crippen LogP contribution in [0.25, 0.3) is 0 Å². The monoisotopic (exact) mass is 427 g/mol. The molecule has 0 bridgehead atoms. The average molecular weight is 427 g/mol. The van der Waals surface area contributed by atoms with Gasteiger partial charge in [0.15, 0.2) is 5.78 Å². The van der Waals surface area contributed by atoms with E-state index in [0.717, 1.165) is 17.7 Å². The minimum absolute atomic E-state index is 0.162. The van der Waals surface area contributed by atoms with E-state index in [1.807, 2.05) is 26.0 Å². The Hall–Kier alpha value is -3.42. The van der Waals surface area contributed by atoms with Crippen LogP contribution in [-0.4, -0.2) is 21.5 Å². The van der Waals surface area contributed by atoms with Crippen molar-refractivity contribution in [1.82, 2.24) is 9.78 Å². The van der Waals surface area contributed by atoms with Crippen molar-refractivity contribution < 1.29 is 22.8 Å². The maximum absolute atomic E-state index is 13.3. The van der Waals surface area contributed by atoms with E-state index in [9.17, 15) is 22.8 Å². The number of alkyl halides is 3. The Balaban J connectivity index is 1.62. The molecule has 1 amide bonds. The van der Waals surface area contributed by atoms with Gasteiger partial charge >= 0.3 is 6.18 Å². The van der Waals surface area contributed by atoms with Gasteiger partial charge in [-0.05, 0) is 50.1 Å². The largest absolute Gasteiger partial charge is 0.416 e. The van der Waals surface area contributed by atoms with Gasteiger partial charge in [0.1, 0.15) is 5.69 Å². The van der Waals surface area contributed by atoms with Gasteiger partial charge in [-0.3, -0.25) is 14.3 Å². The fourth-order valence-electron chi connectivity index (χ4n) is 3.84. The van der Waals surface area contributed by atoms with Crippen molar-refractivity contribution in [3.63, 3.8) is 0 Å². The first kappa shape index (κ1) is 20.8. The minimum Gasteiger partial charge on any atom is -0.319 e. The lowest BCUT2D eigenvalue weighted by Gasteiger charge is -2.28. The Labute approximate surface area is 176 Å². The normalized spacial score (nSPS) is 18.5. The molecule has 2 heterocycles. The van der Waals surface area contributed by atoms with Crippen LogP contribution in [0.1, 0.15) is 62.8 Å². The van der Waals surface area contributed by atoms with Crippen LogP contribution in [0.3, 0.4) is 0 Å². The van der Waals surface area contributed by atoms with Gasteiger partial charge in [0.25, 0.3) is 5.91 Å². The molecule has 160 valence electrons. The zero-order valence-electron chi connectivity index (χ0n) is 16.9. The molecule has 0 spiro atoms. The molecule has 0 saturated heterocycles. The number of carbonyl (C=O) groups is 2. The number of aryl methyl sites for hydroxylation is 1. The van der Waals surface area contributed by atoms with Gasteiger partial charge in [-0.15, -0.1) is 0 Å². The molecule has 0 radical (unpaired) electrons. The lowest BCUT2D eigenvalue weighted by molar-refractivity contribution is -0.137. The number of nitrogens with zero attached hydrogens (tertiary/aromatic N) is 2. The van der Waals surface area contributed by atoms with Crippen LogP contribution in [-0.2, 0) is 6.18 Å². The molecule has 0 fully saturated rings. The topological polar surface area (TPSA) is 64.0 Å². The molecule has 0 saturated carbocycles. The molecule has 1 aliphatic rings. The number of ketones is 1. The molecule has 1 aromatic heterocycles. The summed E-state index contributed by atoms with van der Waals surface area (Å²) >= 11 is 0. The summed E-state index contributed by atoms with van der Waals surface area (Å²) in [5.41, 5.74) is 1.75. The molecule has 2 atom stereocenters. The van der Waals surface area contributed by atoms with Gasteiger partial charge in [-0.1, -0.05) is 29.8 Å². The first-order chi connectivity index (χ1) is 14.6. The number of hydrogen-bond acceptors (Lipinski definition) is 3. The molecule has 5 nitrogen and oxygen atoms in total. The zero-order chi connectivity index (χ0) is 22.3. The first-order valence-corrected chi connectivity index (χ1v) is 9.82. The van der Waals surface area contributed by atoms with Crippen molar-refractivity contribution in [1.29, 1.82) is 0 Å². The van der Waals surface area contributed by atoms with E-state index in [1.165, 1.54) is 18.3 Å². The third-order valence-electron chi connectivity index (χ3n) is 5.54. The molecule has 4 rings (SSSR count). The van der Waals surface area contributed by atoms with Gasteiger partial charge in [-0.25, -0.2) is 0 Å². The Morgan fingerprint density at radius 1 is 1.10 bits per heavy atom. The second-order valence-electron chi connectivity index (χ2n) is 7.79. The molecule has 8 heteroatoms. The summed E-state index contributed by atoms with van der Waals surface area (Å²) < 4.78 is 40.2. The maximum atomic E-state index is 13.3. The molecule has 1 N–H and O–H groups in total. The molecule has 0 aliphatic carbocycles. The predicted octanol–water partition coefficient (Wildman–Crippen LogP) is 5.39. The summed E-state index contributed by atoms with van der Waals surface area (Å²) in [6, 6.07) is 11.5. The van der Waals surface area contributed by atoms with Crippen molar-refractivity contribution in [3.8, 4) is 0 Å². The van der Waals surface area contributed by atoms with Gasteiger partial charge in [0.2, 0.25) is 0 Å². The second-order valence-corrected chi connectivity index (χ2v) is 7.79. The summed E-state index contributed by atoms with van der Waals surface area (Å²) in [5, 5.41) is 7.00. The molecule has 31 heavy (non-hydrogen) atoms. The van der Waals surface area contributed by atoms with E-state index in [2.05, 4.69) is 10.4 Å². The fourth-order valence-corrected chi connectivity index (χ4v) is 3.84. The van der Waals surface area contributed by atoms with E-state index >= 15 is 0 Å². The van der Waals surface area contributed by atoms with E-state index in [1.54, 1.807) is 16.8 Å². The number of Topliss-reactive ketones (excluding diaryl/α,β-unsaturated/α-hetero) is 1. The number of anilines is 1. The molecular weight excluding hydrogens is 407 g/mol. The number of hydrogen-bond donors (Lipinski definition) is 1. The van der Waals surface area contributed by atoms with Crippen LogP contribution in [0.2, 0.25) is 0 Å². The number of rotatable bonds is 3. The number of nitrogens with one attached hydrogen (secondary N) is 1. The minimum atomic E-state index is -4.44. The number of halogens is 3. The number of fused-ring (bicyclic) bond motifs is 1. The number of amides is 1. The number of aromatic nitrogens is 2. The van der Waals surface area contributed by atoms with Crippen LogP contribution in [0.4, 0.5) is 18.9 Å². The molecule has 3 aromatic rings. The lowest BCUT2D eigenvalue weighted by atomic mass is 9.84. The van der Waals surface area contributed by atoms with Crippen LogP contribution in [0.5, 0.6) is 0 Å². The third kappa shape index (κ3) is 3.97. The van der Waals surface area contributed by atoms with Crippen molar-refractivity contribution in [3.05, 3.63) is 82.7 Å². The van der Waals surface area contributed by atoms with Crippen molar-refractivity contribution in [2.24, 2.45) is 0 Å². The van der Waals surface area contributed by atoms with Crippen LogP contribution < -0.4 is 5.32 Å². The van der Waals surface area contributed by atoms with Crippen LogP contribution >= 0.6 is 0 Å². The maximum Gasteiger partial charge on any atom is 0.416 e. The van der Waals surface area contributed by atoms with E-state index in [4.69, 9.17) is 0 Å². The van der Waals surface area contributed by atoms with Gasteiger partial charge in [0.05, 0.1) is 29.4 Å². The van der Waals surface area contributed by atoms with E-state index in [0.29, 0.717) is 23.2 Å². The summed E-state index contributed by atoms with van der Waals surface area (Å²) in [6.45, 7) is 3.79. The van der Waals surface area contributed by atoms with E-state index < -0.39 is 17.7 Å². The molecule has 2 aromatic carbocycles. The second kappa shape index (κ2) is 7.68. The summed E-state index contributed by atoms with van der Waals surface area (Å²) in [4.78, 5) is 25.9. The fraction of sp³-hybridized carbons (Fsp3) is 0.261. The molecular formula is C23H20F3N3O2. The molecule has 1 aliphatic heterocycles. The van der Waals surface area contributed by atoms with Gasteiger partial charge < -0.3 is 5.32 Å². The Morgan fingerprint density at radius 2 is 1.74 bits per heavy atom. The van der Waals surface area contributed by atoms with Gasteiger partial charge in [0, 0.05) is 5.56 Å². The summed E-state index contributed by atoms with van der Waals surface area (Å²) in [6.07, 6.45) is -2.59. The third-order valence-corrected chi connectivity index (χ3v) is 5.54. The summed E-state index contributed by atoms with van der Waals surface area (Å²) in [5.74, 6) is -1.26. The molecule has 1 unspecified atom stereocenters. The summed E-state index contributed by atoms with van der Waals surface area (Å²) in [7, 11) is 0. The van der Waals surface area contributed by atoms with Crippen LogP contribution in [0.15, 0.2) is 54.7 Å². The average Bonchev–Trinajstić information content (AvgIpc) is 3.15. The smallest absolute Gasteiger partial charge is 0.319 e. The predicted molar refractivity (Wildman–Crippen MR) is 109 cm³/mol. The first-order valence-electron chi connectivity index (χ1n) is 9.82. The van der Waals surface area contributed by atoms with Crippen molar-refractivity contribution in [2.75, 3.05) is 5.32 Å². The highest BCUT2D eigenvalue weighted by molar-refractivity contribution is 6.10. The Bertz CT molecular complexity index is 1130.